The number of rotatable bonds is 11. The monoisotopic (exact) mass is 461 g/mol. The summed E-state index contributed by atoms with van der Waals surface area (Å²) >= 11 is 0. The van der Waals surface area contributed by atoms with Crippen LogP contribution in [-0.2, 0) is 31.0 Å². The number of methoxy groups -OCH3 is 1. The number of amides is 1. The molecule has 0 fully saturated rings. The number of nitrogens with one attached hydrogen (secondary N) is 4. The molecule has 1 aliphatic rings. The molecule has 0 bridgehead atoms. The van der Waals surface area contributed by atoms with Gasteiger partial charge in [-0.2, -0.15) is 10.6 Å². The third-order valence-electron chi connectivity index (χ3n) is 4.38. The van der Waals surface area contributed by atoms with E-state index in [9.17, 15) is 13.2 Å². The smallest absolute Gasteiger partial charge is 0.276 e. The van der Waals surface area contributed by atoms with Crippen LogP contribution in [0.4, 0.5) is 11.4 Å². The Labute approximate surface area is 187 Å². The van der Waals surface area contributed by atoms with Crippen LogP contribution in [0.1, 0.15) is 25.0 Å². The maximum absolute atomic E-state index is 12.5. The number of benzene rings is 2. The number of anilines is 2. The van der Waals surface area contributed by atoms with Crippen molar-refractivity contribution in [3.63, 3.8) is 0 Å². The van der Waals surface area contributed by atoms with Gasteiger partial charge in [0.05, 0.1) is 29.5 Å². The first-order valence-corrected chi connectivity index (χ1v) is 11.5. The van der Waals surface area contributed by atoms with Crippen molar-refractivity contribution in [3.8, 4) is 0 Å². The summed E-state index contributed by atoms with van der Waals surface area (Å²) in [4.78, 5) is 17.8. The molecule has 3 rings (SSSR count). The first-order valence-electron chi connectivity index (χ1n) is 10.0. The predicted molar refractivity (Wildman–Crippen MR) is 122 cm³/mol. The molecule has 0 saturated heterocycles. The molecule has 0 spiro atoms. The minimum atomic E-state index is -3.70. The van der Waals surface area contributed by atoms with E-state index in [-0.39, 0.29) is 16.6 Å². The van der Waals surface area contributed by atoms with Crippen LogP contribution in [0.25, 0.3) is 0 Å². The maximum atomic E-state index is 12.5. The van der Waals surface area contributed by atoms with Gasteiger partial charge in [0, 0.05) is 25.3 Å². The lowest BCUT2D eigenvalue weighted by molar-refractivity contribution is -0.110. The zero-order valence-electron chi connectivity index (χ0n) is 18.1. The predicted octanol–water partition coefficient (Wildman–Crippen LogP) is 1.81. The van der Waals surface area contributed by atoms with Gasteiger partial charge in [0.25, 0.3) is 5.91 Å². The first-order chi connectivity index (χ1) is 15.3. The van der Waals surface area contributed by atoms with Crippen molar-refractivity contribution in [2.24, 2.45) is 5.10 Å². The first kappa shape index (κ1) is 23.8. The van der Waals surface area contributed by atoms with Crippen LogP contribution in [0.2, 0.25) is 0 Å². The molecule has 0 aromatic heterocycles. The Kier molecular flexibility index (Phi) is 7.94. The van der Waals surface area contributed by atoms with E-state index < -0.39 is 15.9 Å². The molecule has 1 heterocycles. The molecule has 1 aliphatic heterocycles. The number of fused-ring (bicyclic) bond motifs is 1. The molecular formula is C21H27N5O5S. The SMILES string of the molecule is COCCNOCc1cccc(N/N=C2\C(=O)Nc3ccc(S(=O)(=O)NC(C)C)cc32)c1. The van der Waals surface area contributed by atoms with E-state index >= 15 is 0 Å². The Balaban J connectivity index is 1.74. The van der Waals surface area contributed by atoms with Gasteiger partial charge in [-0.15, -0.1) is 0 Å². The summed E-state index contributed by atoms with van der Waals surface area (Å²) < 4.78 is 32.5. The minimum absolute atomic E-state index is 0.0641. The van der Waals surface area contributed by atoms with E-state index in [1.165, 1.54) is 12.1 Å². The summed E-state index contributed by atoms with van der Waals surface area (Å²) in [5.41, 5.74) is 8.23. The number of carbonyl (C=O) groups excluding carboxylic acids is 1. The molecule has 0 aliphatic carbocycles. The van der Waals surface area contributed by atoms with Gasteiger partial charge in [-0.1, -0.05) is 12.1 Å². The summed E-state index contributed by atoms with van der Waals surface area (Å²) in [6.07, 6.45) is 0. The van der Waals surface area contributed by atoms with Crippen molar-refractivity contribution in [1.29, 1.82) is 0 Å². The molecule has 0 unspecified atom stereocenters. The van der Waals surface area contributed by atoms with Gasteiger partial charge >= 0.3 is 0 Å². The fourth-order valence-corrected chi connectivity index (χ4v) is 4.27. The average Bonchev–Trinajstić information content (AvgIpc) is 3.05. The summed E-state index contributed by atoms with van der Waals surface area (Å²) in [5, 5.41) is 6.92. The normalized spacial score (nSPS) is 14.6. The fraction of sp³-hybridized carbons (Fsp3) is 0.333. The molecule has 11 heteroatoms. The molecule has 2 aromatic rings. The Morgan fingerprint density at radius 3 is 2.72 bits per heavy atom. The third kappa shape index (κ3) is 6.11. The van der Waals surface area contributed by atoms with Crippen molar-refractivity contribution < 1.29 is 22.8 Å². The Hall–Kier alpha value is -2.83. The zero-order valence-corrected chi connectivity index (χ0v) is 19.0. The number of sulfonamides is 1. The van der Waals surface area contributed by atoms with Gasteiger partial charge in [0.2, 0.25) is 10.0 Å². The summed E-state index contributed by atoms with van der Waals surface area (Å²) in [6.45, 7) is 4.92. The van der Waals surface area contributed by atoms with Crippen LogP contribution >= 0.6 is 0 Å². The van der Waals surface area contributed by atoms with E-state index in [2.05, 4.69) is 26.0 Å². The number of nitrogens with zero attached hydrogens (tertiary/aromatic N) is 1. The van der Waals surface area contributed by atoms with Gasteiger partial charge < -0.3 is 10.1 Å². The molecule has 10 nitrogen and oxygen atoms in total. The molecule has 0 saturated carbocycles. The zero-order chi connectivity index (χ0) is 23.1. The van der Waals surface area contributed by atoms with Gasteiger partial charge in [-0.3, -0.25) is 15.1 Å². The second kappa shape index (κ2) is 10.7. The highest BCUT2D eigenvalue weighted by atomic mass is 32.2. The van der Waals surface area contributed by atoms with Crippen LogP contribution in [0.15, 0.2) is 52.5 Å². The van der Waals surface area contributed by atoms with E-state index in [4.69, 9.17) is 9.57 Å². The van der Waals surface area contributed by atoms with Crippen LogP contribution in [0, 0.1) is 0 Å². The van der Waals surface area contributed by atoms with Crippen LogP contribution in [0.3, 0.4) is 0 Å². The van der Waals surface area contributed by atoms with Crippen LogP contribution < -0.4 is 20.9 Å². The maximum Gasteiger partial charge on any atom is 0.276 e. The number of hydrogen-bond donors (Lipinski definition) is 4. The average molecular weight is 462 g/mol. The van der Waals surface area contributed by atoms with Gasteiger partial charge in [-0.05, 0) is 49.7 Å². The lowest BCUT2D eigenvalue weighted by atomic mass is 10.1. The van der Waals surface area contributed by atoms with Crippen LogP contribution in [0.5, 0.6) is 0 Å². The summed E-state index contributed by atoms with van der Waals surface area (Å²) in [5.74, 6) is -0.416. The fourth-order valence-electron chi connectivity index (χ4n) is 2.99. The Morgan fingerprint density at radius 2 is 1.97 bits per heavy atom. The Morgan fingerprint density at radius 1 is 1.16 bits per heavy atom. The number of ether oxygens (including phenoxy) is 1. The highest BCUT2D eigenvalue weighted by Gasteiger charge is 2.28. The van der Waals surface area contributed by atoms with Gasteiger partial charge in [0.15, 0.2) is 5.71 Å². The molecule has 4 N–H and O–H groups in total. The summed E-state index contributed by atoms with van der Waals surface area (Å²) in [7, 11) is -2.09. The van der Waals surface area contributed by atoms with Crippen molar-refractivity contribution in [2.45, 2.75) is 31.4 Å². The standard InChI is InChI=1S/C21H27N5O5S/c1-14(2)26-32(28,29)17-7-8-19-18(12-17)20(21(27)23-19)25-24-16-6-4-5-15(11-16)13-31-22-9-10-30-3/h4-8,11-12,14,22,24,26H,9-10,13H2,1-3H3,(H,23,25,27). The van der Waals surface area contributed by atoms with Crippen molar-refractivity contribution in [3.05, 3.63) is 53.6 Å². The number of carbonyl (C=O) groups is 1. The number of hydrazone groups is 1. The number of hydrogen-bond acceptors (Lipinski definition) is 8. The van der Waals surface area contributed by atoms with Crippen molar-refractivity contribution >= 4 is 33.0 Å². The highest BCUT2D eigenvalue weighted by Crippen LogP contribution is 2.27. The van der Waals surface area contributed by atoms with Gasteiger partial charge in [0.1, 0.15) is 0 Å². The summed E-state index contributed by atoms with van der Waals surface area (Å²) in [6, 6.07) is 11.6. The van der Waals surface area contributed by atoms with E-state index in [1.54, 1.807) is 33.1 Å². The van der Waals surface area contributed by atoms with Crippen LogP contribution in [-0.4, -0.2) is 46.3 Å². The van der Waals surface area contributed by atoms with Crippen molar-refractivity contribution in [1.82, 2.24) is 10.2 Å². The second-order valence-electron chi connectivity index (χ2n) is 7.39. The number of hydroxylamine groups is 1. The topological polar surface area (TPSA) is 130 Å². The quantitative estimate of drug-likeness (QED) is 0.297. The lowest BCUT2D eigenvalue weighted by Gasteiger charge is -2.10. The Bertz CT molecular complexity index is 1100. The van der Waals surface area contributed by atoms with E-state index in [0.717, 1.165) is 5.56 Å². The molecule has 172 valence electrons. The lowest BCUT2D eigenvalue weighted by Crippen LogP contribution is -2.30. The molecule has 0 radical (unpaired) electrons. The molecular weight excluding hydrogens is 434 g/mol. The highest BCUT2D eigenvalue weighted by molar-refractivity contribution is 7.89. The molecule has 2 aromatic carbocycles. The van der Waals surface area contributed by atoms with E-state index in [1.807, 2.05) is 18.2 Å². The third-order valence-corrected chi connectivity index (χ3v) is 6.04. The molecule has 0 atom stereocenters. The van der Waals surface area contributed by atoms with E-state index in [0.29, 0.717) is 36.7 Å². The van der Waals surface area contributed by atoms with Gasteiger partial charge in [-0.25, -0.2) is 13.1 Å². The largest absolute Gasteiger partial charge is 0.383 e. The molecule has 32 heavy (non-hydrogen) atoms. The van der Waals surface area contributed by atoms with Crippen molar-refractivity contribution in [2.75, 3.05) is 31.0 Å². The second-order valence-corrected chi connectivity index (χ2v) is 9.10. The molecule has 1 amide bonds. The minimum Gasteiger partial charge on any atom is -0.383 e.